The minimum atomic E-state index is -1.98. The number of hydrogen-bond donors (Lipinski definition) is 0. The maximum atomic E-state index is 11.1. The number of methoxy groups -OCH3 is 2. The van der Waals surface area contributed by atoms with Crippen molar-refractivity contribution in [2.24, 2.45) is 0 Å². The quantitative estimate of drug-likeness (QED) is 0.392. The summed E-state index contributed by atoms with van der Waals surface area (Å²) in [4.78, 5) is 11.1. The van der Waals surface area contributed by atoms with Crippen molar-refractivity contribution in [3.05, 3.63) is 0 Å². The Labute approximate surface area is 124 Å². The van der Waals surface area contributed by atoms with E-state index in [1.54, 1.807) is 7.11 Å². The lowest BCUT2D eigenvalue weighted by atomic mass is 10.2. The molecule has 0 aliphatic heterocycles. The molecule has 0 fully saturated rings. The fraction of sp³-hybridized carbons (Fsp3) is 0.929. The van der Waals surface area contributed by atoms with E-state index in [1.165, 1.54) is 7.11 Å². The van der Waals surface area contributed by atoms with Crippen LogP contribution in [0.3, 0.4) is 0 Å². The second kappa shape index (κ2) is 7.54. The van der Waals surface area contributed by atoms with E-state index in [-0.39, 0.29) is 24.0 Å². The van der Waals surface area contributed by atoms with Crippen LogP contribution in [0.1, 0.15) is 34.1 Å². The summed E-state index contributed by atoms with van der Waals surface area (Å²) in [6.07, 6.45) is 0.205. The zero-order valence-corrected chi connectivity index (χ0v) is 15.2. The third-order valence-electron chi connectivity index (χ3n) is 3.63. The highest BCUT2D eigenvalue weighted by Gasteiger charge is 2.43. The molecule has 0 unspecified atom stereocenters. The first-order valence-corrected chi connectivity index (χ1v) is 9.78. The number of ether oxygens (including phenoxy) is 3. The summed E-state index contributed by atoms with van der Waals surface area (Å²) in [5.41, 5.74) is 0. The van der Waals surface area contributed by atoms with Gasteiger partial charge in [0.1, 0.15) is 0 Å². The van der Waals surface area contributed by atoms with Gasteiger partial charge in [0, 0.05) is 7.11 Å². The second-order valence-corrected chi connectivity index (χ2v) is 11.3. The van der Waals surface area contributed by atoms with Crippen molar-refractivity contribution in [2.75, 3.05) is 27.4 Å². The van der Waals surface area contributed by atoms with Crippen LogP contribution in [-0.4, -0.2) is 47.5 Å². The predicted molar refractivity (Wildman–Crippen MR) is 81.1 cm³/mol. The molecule has 0 aromatic rings. The van der Waals surface area contributed by atoms with Gasteiger partial charge in [0.2, 0.25) is 0 Å². The number of carbonyl (C=O) groups excluding carboxylic acids is 1. The first-order chi connectivity index (χ1) is 8.97. The number of esters is 1. The molecule has 0 rings (SSSR count). The van der Waals surface area contributed by atoms with Gasteiger partial charge in [-0.25, -0.2) is 0 Å². The SMILES string of the molecule is COC[C@@](C)(OCCC(=O)OC)O[Si](C)(C)C(C)(C)C. The van der Waals surface area contributed by atoms with Crippen molar-refractivity contribution >= 4 is 14.3 Å². The fourth-order valence-electron chi connectivity index (χ4n) is 1.51. The minimum absolute atomic E-state index is 0.0771. The Morgan fingerprint density at radius 1 is 1.10 bits per heavy atom. The third-order valence-corrected chi connectivity index (χ3v) is 8.18. The molecule has 0 saturated carbocycles. The average Bonchev–Trinajstić information content (AvgIpc) is 2.26. The van der Waals surface area contributed by atoms with Crippen LogP contribution >= 0.6 is 0 Å². The lowest BCUT2D eigenvalue weighted by Crippen LogP contribution is -2.51. The van der Waals surface area contributed by atoms with Crippen molar-refractivity contribution in [3.63, 3.8) is 0 Å². The zero-order chi connectivity index (χ0) is 16.0. The van der Waals surface area contributed by atoms with E-state index in [1.807, 2.05) is 6.92 Å². The molecule has 0 saturated heterocycles. The molecule has 0 amide bonds. The largest absolute Gasteiger partial charge is 0.469 e. The van der Waals surface area contributed by atoms with Crippen LogP contribution in [0.4, 0.5) is 0 Å². The molecular formula is C14H30O5Si. The van der Waals surface area contributed by atoms with Crippen molar-refractivity contribution < 1.29 is 23.4 Å². The van der Waals surface area contributed by atoms with Crippen LogP contribution < -0.4 is 0 Å². The van der Waals surface area contributed by atoms with Crippen molar-refractivity contribution in [1.82, 2.24) is 0 Å². The van der Waals surface area contributed by atoms with Gasteiger partial charge in [-0.1, -0.05) is 20.8 Å². The summed E-state index contributed by atoms with van der Waals surface area (Å²) in [7, 11) is 0.988. The van der Waals surface area contributed by atoms with E-state index in [2.05, 4.69) is 38.6 Å². The smallest absolute Gasteiger partial charge is 0.307 e. The maximum absolute atomic E-state index is 11.1. The summed E-state index contributed by atoms with van der Waals surface area (Å²) in [5, 5.41) is 0.0771. The molecule has 0 aromatic heterocycles. The van der Waals surface area contributed by atoms with Gasteiger partial charge in [0.25, 0.3) is 0 Å². The van der Waals surface area contributed by atoms with Gasteiger partial charge < -0.3 is 18.6 Å². The lowest BCUT2D eigenvalue weighted by molar-refractivity contribution is -0.206. The van der Waals surface area contributed by atoms with E-state index >= 15 is 0 Å². The average molecular weight is 306 g/mol. The van der Waals surface area contributed by atoms with Crippen LogP contribution in [0.5, 0.6) is 0 Å². The highest BCUT2D eigenvalue weighted by molar-refractivity contribution is 6.74. The van der Waals surface area contributed by atoms with Crippen molar-refractivity contribution in [3.8, 4) is 0 Å². The van der Waals surface area contributed by atoms with Gasteiger partial charge in [-0.2, -0.15) is 0 Å². The molecule has 0 aromatic carbocycles. The zero-order valence-electron chi connectivity index (χ0n) is 14.2. The van der Waals surface area contributed by atoms with E-state index < -0.39 is 14.1 Å². The fourth-order valence-corrected chi connectivity index (χ4v) is 3.01. The standard InChI is InChI=1S/C14H30O5Si/c1-13(2,3)20(7,8)19-14(4,11-16-5)18-10-9-12(15)17-6/h9-11H2,1-8H3/t14-/m0/s1. The molecule has 0 bridgehead atoms. The molecule has 0 N–H and O–H groups in total. The van der Waals surface area contributed by atoms with Crippen molar-refractivity contribution in [1.29, 1.82) is 0 Å². The molecule has 0 heterocycles. The van der Waals surface area contributed by atoms with Gasteiger partial charge in [-0.3, -0.25) is 4.79 Å². The monoisotopic (exact) mass is 306 g/mol. The van der Waals surface area contributed by atoms with E-state index in [0.717, 1.165) is 0 Å². The summed E-state index contributed by atoms with van der Waals surface area (Å²) in [6.45, 7) is 13.2. The molecule has 6 heteroatoms. The van der Waals surface area contributed by atoms with Crippen molar-refractivity contribution in [2.45, 2.75) is 58.0 Å². The Morgan fingerprint density at radius 2 is 1.65 bits per heavy atom. The molecule has 0 aliphatic rings. The minimum Gasteiger partial charge on any atom is -0.469 e. The second-order valence-electron chi connectivity index (χ2n) is 6.60. The van der Waals surface area contributed by atoms with E-state index in [4.69, 9.17) is 13.9 Å². The summed E-state index contributed by atoms with van der Waals surface area (Å²) >= 11 is 0. The molecule has 20 heavy (non-hydrogen) atoms. The summed E-state index contributed by atoms with van der Waals surface area (Å²) < 4.78 is 21.8. The van der Waals surface area contributed by atoms with Crippen LogP contribution in [0.2, 0.25) is 18.1 Å². The number of hydrogen-bond acceptors (Lipinski definition) is 5. The highest BCUT2D eigenvalue weighted by atomic mass is 28.4. The number of carbonyl (C=O) groups is 1. The first kappa shape index (κ1) is 19.6. The van der Waals surface area contributed by atoms with Crippen LogP contribution in [0.25, 0.3) is 0 Å². The molecular weight excluding hydrogens is 276 g/mol. The Hall–Kier alpha value is -0.433. The molecule has 5 nitrogen and oxygen atoms in total. The Balaban J connectivity index is 4.71. The summed E-state index contributed by atoms with van der Waals surface area (Å²) in [6, 6.07) is 0. The molecule has 0 spiro atoms. The highest BCUT2D eigenvalue weighted by Crippen LogP contribution is 2.39. The normalized spacial score (nSPS) is 15.8. The molecule has 0 radical (unpaired) electrons. The van der Waals surface area contributed by atoms with Crippen LogP contribution in [-0.2, 0) is 23.4 Å². The van der Waals surface area contributed by atoms with Crippen LogP contribution in [0.15, 0.2) is 0 Å². The van der Waals surface area contributed by atoms with Gasteiger partial charge >= 0.3 is 5.97 Å². The van der Waals surface area contributed by atoms with Crippen LogP contribution in [0, 0.1) is 0 Å². The third kappa shape index (κ3) is 6.34. The first-order valence-electron chi connectivity index (χ1n) is 6.87. The van der Waals surface area contributed by atoms with E-state index in [0.29, 0.717) is 6.61 Å². The number of rotatable bonds is 8. The van der Waals surface area contributed by atoms with Gasteiger partial charge in [-0.15, -0.1) is 0 Å². The van der Waals surface area contributed by atoms with Gasteiger partial charge in [0.05, 0.1) is 26.7 Å². The maximum Gasteiger partial charge on any atom is 0.307 e. The Kier molecular flexibility index (Phi) is 7.38. The Bertz CT molecular complexity index is 311. The summed E-state index contributed by atoms with van der Waals surface area (Å²) in [5.74, 6) is -1.14. The lowest BCUT2D eigenvalue weighted by Gasteiger charge is -2.43. The van der Waals surface area contributed by atoms with Gasteiger partial charge in [-0.05, 0) is 25.1 Å². The van der Waals surface area contributed by atoms with E-state index in [9.17, 15) is 4.79 Å². The Morgan fingerprint density at radius 3 is 2.05 bits per heavy atom. The topological polar surface area (TPSA) is 54.0 Å². The molecule has 120 valence electrons. The predicted octanol–water partition coefficient (Wildman–Crippen LogP) is 2.95. The molecule has 0 aliphatic carbocycles. The molecule has 1 atom stereocenters. The van der Waals surface area contributed by atoms with Gasteiger partial charge in [0.15, 0.2) is 14.1 Å².